The van der Waals surface area contributed by atoms with Crippen LogP contribution in [0.3, 0.4) is 0 Å². The second kappa shape index (κ2) is 5.21. The Labute approximate surface area is 113 Å². The van der Waals surface area contributed by atoms with Gasteiger partial charge in [0.2, 0.25) is 5.91 Å². The Hall–Kier alpha value is -1.55. The molecule has 3 rings (SSSR count). The van der Waals surface area contributed by atoms with Gasteiger partial charge in [-0.15, -0.1) is 0 Å². The fourth-order valence-electron chi connectivity index (χ4n) is 3.07. The Morgan fingerprint density at radius 3 is 2.89 bits per heavy atom. The number of ether oxygens (including phenoxy) is 1. The molecule has 1 saturated carbocycles. The van der Waals surface area contributed by atoms with Crippen LogP contribution in [0.5, 0.6) is 5.75 Å². The van der Waals surface area contributed by atoms with Crippen molar-refractivity contribution in [2.75, 3.05) is 6.61 Å². The van der Waals surface area contributed by atoms with E-state index in [4.69, 9.17) is 10.5 Å². The number of nitrogens with two attached hydrogens (primary N) is 1. The van der Waals surface area contributed by atoms with Crippen molar-refractivity contribution in [1.29, 1.82) is 0 Å². The van der Waals surface area contributed by atoms with Crippen LogP contribution in [-0.4, -0.2) is 24.6 Å². The van der Waals surface area contributed by atoms with E-state index < -0.39 is 0 Å². The second-order valence-electron chi connectivity index (χ2n) is 5.44. The van der Waals surface area contributed by atoms with Crippen LogP contribution in [0.2, 0.25) is 0 Å². The van der Waals surface area contributed by atoms with E-state index in [1.807, 2.05) is 24.3 Å². The van der Waals surface area contributed by atoms with Crippen molar-refractivity contribution in [3.05, 3.63) is 29.8 Å². The summed E-state index contributed by atoms with van der Waals surface area (Å²) >= 11 is 0. The Kier molecular flexibility index (Phi) is 3.42. The Balaban J connectivity index is 1.74. The molecule has 3 unspecified atom stereocenters. The topological polar surface area (TPSA) is 64.3 Å². The molecule has 3 N–H and O–H groups in total. The van der Waals surface area contributed by atoms with Gasteiger partial charge in [0.15, 0.2) is 0 Å². The number of rotatable bonds is 2. The van der Waals surface area contributed by atoms with Gasteiger partial charge in [0.25, 0.3) is 0 Å². The van der Waals surface area contributed by atoms with Gasteiger partial charge in [-0.05, 0) is 31.7 Å². The summed E-state index contributed by atoms with van der Waals surface area (Å²) in [6, 6.07) is 8.05. The molecule has 1 heterocycles. The Morgan fingerprint density at radius 1 is 1.26 bits per heavy atom. The molecule has 1 fully saturated rings. The highest BCUT2D eigenvalue weighted by atomic mass is 16.5. The first kappa shape index (κ1) is 12.5. The number of hydrogen-bond donors (Lipinski definition) is 2. The molecule has 1 amide bonds. The molecule has 0 aromatic heterocycles. The van der Waals surface area contributed by atoms with E-state index in [0.717, 1.165) is 37.0 Å². The lowest BCUT2D eigenvalue weighted by Crippen LogP contribution is -2.46. The summed E-state index contributed by atoms with van der Waals surface area (Å²) in [4.78, 5) is 12.4. The van der Waals surface area contributed by atoms with Crippen molar-refractivity contribution in [1.82, 2.24) is 5.32 Å². The molecule has 4 nitrogen and oxygen atoms in total. The normalized spacial score (nSPS) is 29.4. The van der Waals surface area contributed by atoms with Crippen molar-refractivity contribution in [3.8, 4) is 5.75 Å². The number of hydrogen-bond acceptors (Lipinski definition) is 3. The summed E-state index contributed by atoms with van der Waals surface area (Å²) in [7, 11) is 0. The zero-order valence-electron chi connectivity index (χ0n) is 11.0. The SMILES string of the molecule is NC1CCCC1NC(=O)C1CCOc2ccccc21. The molecule has 0 radical (unpaired) electrons. The third-order valence-corrected chi connectivity index (χ3v) is 4.17. The predicted octanol–water partition coefficient (Wildman–Crippen LogP) is 1.55. The highest BCUT2D eigenvalue weighted by Gasteiger charge is 2.31. The van der Waals surface area contributed by atoms with Crippen LogP contribution in [0.25, 0.3) is 0 Å². The van der Waals surface area contributed by atoms with Gasteiger partial charge in [-0.2, -0.15) is 0 Å². The lowest BCUT2D eigenvalue weighted by Gasteiger charge is -2.27. The molecule has 102 valence electrons. The lowest BCUT2D eigenvalue weighted by molar-refractivity contribution is -0.124. The largest absolute Gasteiger partial charge is 0.493 e. The average Bonchev–Trinajstić information content (AvgIpc) is 2.83. The van der Waals surface area contributed by atoms with Crippen molar-refractivity contribution in [3.63, 3.8) is 0 Å². The van der Waals surface area contributed by atoms with Crippen LogP contribution >= 0.6 is 0 Å². The molecule has 3 atom stereocenters. The fraction of sp³-hybridized carbons (Fsp3) is 0.533. The van der Waals surface area contributed by atoms with Gasteiger partial charge in [-0.3, -0.25) is 4.79 Å². The summed E-state index contributed by atoms with van der Waals surface area (Å²) < 4.78 is 5.59. The molecule has 1 aliphatic heterocycles. The van der Waals surface area contributed by atoms with Crippen LogP contribution in [0.1, 0.15) is 37.2 Å². The first-order chi connectivity index (χ1) is 9.25. The van der Waals surface area contributed by atoms with E-state index in [2.05, 4.69) is 5.32 Å². The maximum Gasteiger partial charge on any atom is 0.228 e. The summed E-state index contributed by atoms with van der Waals surface area (Å²) in [6.07, 6.45) is 3.86. The van der Waals surface area contributed by atoms with E-state index >= 15 is 0 Å². The maximum atomic E-state index is 12.4. The summed E-state index contributed by atoms with van der Waals surface area (Å²) in [6.45, 7) is 0.603. The Morgan fingerprint density at radius 2 is 2.11 bits per heavy atom. The van der Waals surface area contributed by atoms with Gasteiger partial charge in [0.1, 0.15) is 5.75 Å². The van der Waals surface area contributed by atoms with Crippen LogP contribution in [-0.2, 0) is 4.79 Å². The van der Waals surface area contributed by atoms with Gasteiger partial charge in [0, 0.05) is 17.6 Å². The second-order valence-corrected chi connectivity index (χ2v) is 5.44. The minimum absolute atomic E-state index is 0.0955. The minimum atomic E-state index is -0.0993. The van der Waals surface area contributed by atoms with Gasteiger partial charge in [0.05, 0.1) is 12.5 Å². The number of fused-ring (bicyclic) bond motifs is 1. The van der Waals surface area contributed by atoms with E-state index in [9.17, 15) is 4.79 Å². The maximum absolute atomic E-state index is 12.4. The van der Waals surface area contributed by atoms with Crippen molar-refractivity contribution in [2.24, 2.45) is 5.73 Å². The third-order valence-electron chi connectivity index (χ3n) is 4.17. The summed E-state index contributed by atoms with van der Waals surface area (Å²) in [5, 5.41) is 3.12. The van der Waals surface area contributed by atoms with Crippen LogP contribution in [0.4, 0.5) is 0 Å². The van der Waals surface area contributed by atoms with Gasteiger partial charge in [-0.1, -0.05) is 18.2 Å². The number of carbonyl (C=O) groups is 1. The van der Waals surface area contributed by atoms with Crippen molar-refractivity contribution in [2.45, 2.75) is 43.7 Å². The van der Waals surface area contributed by atoms with E-state index in [0.29, 0.717) is 6.61 Å². The summed E-state index contributed by atoms with van der Waals surface area (Å²) in [5.74, 6) is 0.834. The first-order valence-corrected chi connectivity index (χ1v) is 7.03. The lowest BCUT2D eigenvalue weighted by atomic mass is 9.92. The molecule has 19 heavy (non-hydrogen) atoms. The molecular weight excluding hydrogens is 240 g/mol. The molecule has 0 spiro atoms. The summed E-state index contributed by atoms with van der Waals surface area (Å²) in [5.41, 5.74) is 7.01. The quantitative estimate of drug-likeness (QED) is 0.848. The number of amides is 1. The number of nitrogens with one attached hydrogen (secondary N) is 1. The molecule has 0 saturated heterocycles. The molecular formula is C15H20N2O2. The van der Waals surface area contributed by atoms with Crippen LogP contribution in [0, 0.1) is 0 Å². The van der Waals surface area contributed by atoms with E-state index in [1.165, 1.54) is 0 Å². The smallest absolute Gasteiger partial charge is 0.228 e. The zero-order valence-corrected chi connectivity index (χ0v) is 11.0. The van der Waals surface area contributed by atoms with Crippen LogP contribution < -0.4 is 15.8 Å². The molecule has 4 heteroatoms. The highest BCUT2D eigenvalue weighted by Crippen LogP contribution is 2.33. The number of para-hydroxylation sites is 1. The first-order valence-electron chi connectivity index (χ1n) is 7.03. The third kappa shape index (κ3) is 2.45. The zero-order chi connectivity index (χ0) is 13.2. The monoisotopic (exact) mass is 260 g/mol. The Bertz CT molecular complexity index is 475. The molecule has 1 aromatic carbocycles. The molecule has 0 bridgehead atoms. The van der Waals surface area contributed by atoms with Crippen molar-refractivity contribution >= 4 is 5.91 Å². The van der Waals surface area contributed by atoms with Gasteiger partial charge < -0.3 is 15.8 Å². The van der Waals surface area contributed by atoms with E-state index in [-0.39, 0.29) is 23.9 Å². The van der Waals surface area contributed by atoms with Crippen LogP contribution in [0.15, 0.2) is 24.3 Å². The highest BCUT2D eigenvalue weighted by molar-refractivity contribution is 5.85. The van der Waals surface area contributed by atoms with Gasteiger partial charge in [-0.25, -0.2) is 0 Å². The van der Waals surface area contributed by atoms with Crippen molar-refractivity contribution < 1.29 is 9.53 Å². The standard InChI is InChI=1S/C15H20N2O2/c16-12-5-3-6-13(12)17-15(18)11-8-9-19-14-7-2-1-4-10(11)14/h1-2,4,7,11-13H,3,5-6,8-9,16H2,(H,17,18). The minimum Gasteiger partial charge on any atom is -0.493 e. The van der Waals surface area contributed by atoms with E-state index in [1.54, 1.807) is 0 Å². The molecule has 1 aliphatic carbocycles. The number of benzene rings is 1. The molecule has 2 aliphatic rings. The van der Waals surface area contributed by atoms with Gasteiger partial charge >= 0.3 is 0 Å². The average molecular weight is 260 g/mol. The predicted molar refractivity (Wildman–Crippen MR) is 73.1 cm³/mol. The number of carbonyl (C=O) groups excluding carboxylic acids is 1. The fourth-order valence-corrected chi connectivity index (χ4v) is 3.07. The molecule has 1 aromatic rings.